The van der Waals surface area contributed by atoms with Gasteiger partial charge >= 0.3 is 6.18 Å². The number of amides is 2. The third-order valence-electron chi connectivity index (χ3n) is 5.82. The van der Waals surface area contributed by atoms with E-state index in [-0.39, 0.29) is 29.5 Å². The third-order valence-corrected chi connectivity index (χ3v) is 5.82. The molecule has 0 bridgehead atoms. The molecule has 0 radical (unpaired) electrons. The fourth-order valence-electron chi connectivity index (χ4n) is 4.16. The lowest BCUT2D eigenvalue weighted by molar-refractivity contribution is -0.137. The number of carbonyl (C=O) groups is 2. The Labute approximate surface area is 162 Å². The Bertz CT molecular complexity index is 706. The standard InChI is InChI=1S/C20H25F3N2O3/c1-28-16-7-4-13-10-14(19(27)25-17(13)11-16)8-9-24-18(26)12-2-5-15(6-3-12)20(21,22)23/h2-3,5-6,13-14,16-17H,4,7-11H2,1H3,(H,24,26)(H,25,27). The summed E-state index contributed by atoms with van der Waals surface area (Å²) in [5, 5.41) is 5.78. The highest BCUT2D eigenvalue weighted by Gasteiger charge is 2.39. The summed E-state index contributed by atoms with van der Waals surface area (Å²) in [6.07, 6.45) is -0.0874. The molecule has 4 unspecified atom stereocenters. The van der Waals surface area contributed by atoms with Crippen molar-refractivity contribution in [2.45, 2.75) is 50.4 Å². The normalized spacial score (nSPS) is 27.6. The van der Waals surface area contributed by atoms with Gasteiger partial charge in [0, 0.05) is 31.2 Å². The first-order chi connectivity index (χ1) is 13.3. The largest absolute Gasteiger partial charge is 0.416 e. The van der Waals surface area contributed by atoms with Crippen molar-refractivity contribution in [1.82, 2.24) is 10.6 Å². The molecule has 5 nitrogen and oxygen atoms in total. The second-order valence-corrected chi connectivity index (χ2v) is 7.60. The minimum atomic E-state index is -4.43. The van der Waals surface area contributed by atoms with Gasteiger partial charge in [-0.05, 0) is 62.3 Å². The fourth-order valence-corrected chi connectivity index (χ4v) is 4.16. The van der Waals surface area contributed by atoms with Crippen molar-refractivity contribution < 1.29 is 27.5 Å². The number of ether oxygens (including phenoxy) is 1. The Hall–Kier alpha value is -2.09. The molecule has 1 aromatic rings. The van der Waals surface area contributed by atoms with Crippen LogP contribution in [0.5, 0.6) is 0 Å². The molecule has 1 aromatic carbocycles. The SMILES string of the molecule is COC1CCC2CC(CCNC(=O)c3ccc(C(F)(F)F)cc3)C(=O)NC2C1. The van der Waals surface area contributed by atoms with Crippen LogP contribution in [0.3, 0.4) is 0 Å². The van der Waals surface area contributed by atoms with E-state index in [2.05, 4.69) is 10.6 Å². The average Bonchev–Trinajstić information content (AvgIpc) is 2.67. The van der Waals surface area contributed by atoms with Gasteiger partial charge in [0.1, 0.15) is 0 Å². The Morgan fingerprint density at radius 3 is 2.57 bits per heavy atom. The van der Waals surface area contributed by atoms with Crippen LogP contribution in [0.4, 0.5) is 13.2 Å². The molecular formula is C20H25F3N2O3. The third kappa shape index (κ3) is 4.84. The maximum absolute atomic E-state index is 12.6. The number of alkyl halides is 3. The number of rotatable bonds is 5. The zero-order valence-electron chi connectivity index (χ0n) is 15.7. The van der Waals surface area contributed by atoms with Crippen LogP contribution < -0.4 is 10.6 Å². The van der Waals surface area contributed by atoms with Crippen LogP contribution in [0.15, 0.2) is 24.3 Å². The predicted octanol–water partition coefficient (Wildman–Crippen LogP) is 3.15. The Morgan fingerprint density at radius 1 is 1.21 bits per heavy atom. The van der Waals surface area contributed by atoms with Crippen molar-refractivity contribution in [3.05, 3.63) is 35.4 Å². The van der Waals surface area contributed by atoms with Gasteiger partial charge in [-0.25, -0.2) is 0 Å². The zero-order chi connectivity index (χ0) is 20.3. The van der Waals surface area contributed by atoms with Crippen molar-refractivity contribution in [1.29, 1.82) is 0 Å². The van der Waals surface area contributed by atoms with E-state index in [1.807, 2.05) is 0 Å². The van der Waals surface area contributed by atoms with E-state index in [1.165, 1.54) is 0 Å². The molecule has 4 atom stereocenters. The van der Waals surface area contributed by atoms with Gasteiger partial charge in [-0.15, -0.1) is 0 Å². The summed E-state index contributed by atoms with van der Waals surface area (Å²) in [5.74, 6) is -0.168. The fraction of sp³-hybridized carbons (Fsp3) is 0.600. The minimum Gasteiger partial charge on any atom is -0.381 e. The number of methoxy groups -OCH3 is 1. The van der Waals surface area contributed by atoms with E-state index < -0.39 is 17.6 Å². The molecule has 2 amide bonds. The van der Waals surface area contributed by atoms with Crippen LogP contribution >= 0.6 is 0 Å². The van der Waals surface area contributed by atoms with Gasteiger partial charge in [-0.2, -0.15) is 13.2 Å². The van der Waals surface area contributed by atoms with E-state index in [0.717, 1.165) is 49.9 Å². The van der Waals surface area contributed by atoms with Crippen molar-refractivity contribution in [2.75, 3.05) is 13.7 Å². The Morgan fingerprint density at radius 2 is 1.93 bits per heavy atom. The summed E-state index contributed by atoms with van der Waals surface area (Å²) in [6.45, 7) is 0.302. The lowest BCUT2D eigenvalue weighted by Gasteiger charge is -2.41. The minimum absolute atomic E-state index is 0.00165. The van der Waals surface area contributed by atoms with Gasteiger partial charge < -0.3 is 15.4 Å². The number of nitrogens with one attached hydrogen (secondary N) is 2. The molecule has 154 valence electrons. The molecule has 2 fully saturated rings. The smallest absolute Gasteiger partial charge is 0.381 e. The van der Waals surface area contributed by atoms with Gasteiger partial charge in [0.05, 0.1) is 11.7 Å². The van der Waals surface area contributed by atoms with Crippen molar-refractivity contribution in [3.63, 3.8) is 0 Å². The highest BCUT2D eigenvalue weighted by atomic mass is 19.4. The van der Waals surface area contributed by atoms with Crippen LogP contribution in [-0.2, 0) is 15.7 Å². The van der Waals surface area contributed by atoms with Crippen LogP contribution in [0.2, 0.25) is 0 Å². The predicted molar refractivity (Wildman–Crippen MR) is 96.6 cm³/mol. The van der Waals surface area contributed by atoms with E-state index in [0.29, 0.717) is 18.9 Å². The van der Waals surface area contributed by atoms with E-state index in [9.17, 15) is 22.8 Å². The molecule has 1 aliphatic carbocycles. The van der Waals surface area contributed by atoms with Crippen LogP contribution in [-0.4, -0.2) is 37.6 Å². The molecule has 0 spiro atoms. The second-order valence-electron chi connectivity index (χ2n) is 7.60. The first-order valence-corrected chi connectivity index (χ1v) is 9.56. The number of hydrogen-bond acceptors (Lipinski definition) is 3. The first-order valence-electron chi connectivity index (χ1n) is 9.56. The highest BCUT2D eigenvalue weighted by Crippen LogP contribution is 2.35. The van der Waals surface area contributed by atoms with Crippen molar-refractivity contribution in [3.8, 4) is 0 Å². The van der Waals surface area contributed by atoms with Gasteiger partial charge in [0.15, 0.2) is 0 Å². The highest BCUT2D eigenvalue weighted by molar-refractivity contribution is 5.94. The zero-order valence-corrected chi connectivity index (χ0v) is 15.7. The van der Waals surface area contributed by atoms with Crippen molar-refractivity contribution in [2.24, 2.45) is 11.8 Å². The maximum atomic E-state index is 12.6. The summed E-state index contributed by atoms with van der Waals surface area (Å²) < 4.78 is 43.1. The summed E-state index contributed by atoms with van der Waals surface area (Å²) in [5.41, 5.74) is -0.625. The molecule has 1 saturated heterocycles. The number of halogens is 3. The molecule has 1 saturated carbocycles. The second kappa shape index (κ2) is 8.51. The molecule has 2 N–H and O–H groups in total. The monoisotopic (exact) mass is 398 g/mol. The quantitative estimate of drug-likeness (QED) is 0.801. The summed E-state index contributed by atoms with van der Waals surface area (Å²) in [4.78, 5) is 24.5. The molecule has 1 aliphatic heterocycles. The average molecular weight is 398 g/mol. The van der Waals surface area contributed by atoms with Crippen LogP contribution in [0, 0.1) is 11.8 Å². The Balaban J connectivity index is 1.47. The number of benzene rings is 1. The lowest BCUT2D eigenvalue weighted by Crippen LogP contribution is -2.53. The summed E-state index contributed by atoms with van der Waals surface area (Å²) in [7, 11) is 1.69. The maximum Gasteiger partial charge on any atom is 0.416 e. The molecule has 0 aromatic heterocycles. The summed E-state index contributed by atoms with van der Waals surface area (Å²) in [6, 6.07) is 4.25. The van der Waals surface area contributed by atoms with Gasteiger partial charge in [-0.3, -0.25) is 9.59 Å². The van der Waals surface area contributed by atoms with Crippen LogP contribution in [0.25, 0.3) is 0 Å². The molecule has 2 aliphatic rings. The lowest BCUT2D eigenvalue weighted by atomic mass is 9.74. The van der Waals surface area contributed by atoms with Crippen molar-refractivity contribution >= 4 is 11.8 Å². The number of piperidine rings is 1. The number of hydrogen-bond donors (Lipinski definition) is 2. The molecule has 3 rings (SSSR count). The van der Waals surface area contributed by atoms with E-state index >= 15 is 0 Å². The topological polar surface area (TPSA) is 67.4 Å². The van der Waals surface area contributed by atoms with E-state index in [4.69, 9.17) is 4.74 Å². The Kier molecular flexibility index (Phi) is 6.27. The first kappa shape index (κ1) is 20.6. The number of carbonyl (C=O) groups excluding carboxylic acids is 2. The van der Waals surface area contributed by atoms with Gasteiger partial charge in [0.25, 0.3) is 5.91 Å². The van der Waals surface area contributed by atoms with E-state index in [1.54, 1.807) is 7.11 Å². The van der Waals surface area contributed by atoms with Gasteiger partial charge in [-0.1, -0.05) is 0 Å². The molecule has 8 heteroatoms. The van der Waals surface area contributed by atoms with Crippen LogP contribution in [0.1, 0.15) is 48.0 Å². The molecule has 1 heterocycles. The molecule has 28 heavy (non-hydrogen) atoms. The number of fused-ring (bicyclic) bond motifs is 1. The van der Waals surface area contributed by atoms with Gasteiger partial charge in [0.2, 0.25) is 5.91 Å². The molecular weight excluding hydrogens is 373 g/mol. The summed E-state index contributed by atoms with van der Waals surface area (Å²) >= 11 is 0.